The third-order valence-electron chi connectivity index (χ3n) is 3.66. The number of hydrogen-bond acceptors (Lipinski definition) is 2. The van der Waals surface area contributed by atoms with Crippen LogP contribution in [0, 0.1) is 5.41 Å². The molecule has 0 saturated carbocycles. The lowest BCUT2D eigenvalue weighted by molar-refractivity contribution is -0.116. The van der Waals surface area contributed by atoms with Crippen molar-refractivity contribution in [3.63, 3.8) is 0 Å². The molecular weight excluding hydrogens is 330 g/mol. The molecule has 0 fully saturated rings. The van der Waals surface area contributed by atoms with Crippen molar-refractivity contribution in [2.24, 2.45) is 5.41 Å². The van der Waals surface area contributed by atoms with E-state index in [0.717, 1.165) is 35.1 Å². The van der Waals surface area contributed by atoms with Gasteiger partial charge in [-0.05, 0) is 36.0 Å². The number of rotatable bonds is 2. The van der Waals surface area contributed by atoms with Crippen LogP contribution in [0.25, 0.3) is 0 Å². The lowest BCUT2D eigenvalue weighted by Crippen LogP contribution is -2.33. The number of ketones is 1. The Bertz CT molecular complexity index is 587. The summed E-state index contributed by atoms with van der Waals surface area (Å²) >= 11 is 3.52. The molecule has 1 aromatic carbocycles. The third kappa shape index (κ3) is 3.73. The Morgan fingerprint density at radius 2 is 1.95 bits per heavy atom. The van der Waals surface area contributed by atoms with Crippen LogP contribution >= 0.6 is 15.9 Å². The van der Waals surface area contributed by atoms with Crippen molar-refractivity contribution in [2.75, 3.05) is 11.4 Å². The van der Waals surface area contributed by atoms with Crippen LogP contribution in [-0.2, 0) is 11.2 Å². The van der Waals surface area contributed by atoms with Gasteiger partial charge in [-0.15, -0.1) is 0 Å². The molecule has 1 heterocycles. The Morgan fingerprint density at radius 3 is 2.52 bits per heavy atom. The van der Waals surface area contributed by atoms with Gasteiger partial charge in [-0.3, -0.25) is 9.59 Å². The minimum Gasteiger partial charge on any atom is -0.312 e. The Balaban J connectivity index is 2.43. The quantitative estimate of drug-likeness (QED) is 0.742. The van der Waals surface area contributed by atoms with Crippen LogP contribution in [0.1, 0.15) is 56.5 Å². The van der Waals surface area contributed by atoms with Gasteiger partial charge in [-0.2, -0.15) is 0 Å². The standard InChI is InChI=1S/C17H22BrNO2/c1-11(20)19-7-5-6-12-8-14(18)13(9-15(12)19)16(21)10-17(2,3)4/h8-9H,5-7,10H2,1-4H3. The van der Waals surface area contributed by atoms with Crippen molar-refractivity contribution in [1.82, 2.24) is 0 Å². The first-order valence-electron chi connectivity index (χ1n) is 7.33. The molecule has 0 bridgehead atoms. The highest BCUT2D eigenvalue weighted by atomic mass is 79.9. The van der Waals surface area contributed by atoms with Gasteiger partial charge in [0, 0.05) is 35.6 Å². The minimum atomic E-state index is -0.0489. The summed E-state index contributed by atoms with van der Waals surface area (Å²) in [5, 5.41) is 0. The Kier molecular flexibility index (Phi) is 4.57. The molecule has 0 unspecified atom stereocenters. The smallest absolute Gasteiger partial charge is 0.223 e. The molecule has 0 spiro atoms. The fourth-order valence-electron chi connectivity index (χ4n) is 2.72. The summed E-state index contributed by atoms with van der Waals surface area (Å²) in [6.07, 6.45) is 2.41. The lowest BCUT2D eigenvalue weighted by Gasteiger charge is -2.29. The van der Waals surface area contributed by atoms with Crippen LogP contribution in [0.3, 0.4) is 0 Å². The zero-order valence-corrected chi connectivity index (χ0v) is 14.7. The predicted molar refractivity (Wildman–Crippen MR) is 88.9 cm³/mol. The van der Waals surface area contributed by atoms with E-state index in [1.54, 1.807) is 11.8 Å². The maximum atomic E-state index is 12.5. The second-order valence-electron chi connectivity index (χ2n) is 6.90. The van der Waals surface area contributed by atoms with Crippen molar-refractivity contribution in [3.05, 3.63) is 27.7 Å². The first-order valence-corrected chi connectivity index (χ1v) is 8.12. The van der Waals surface area contributed by atoms with Crippen LogP contribution < -0.4 is 4.90 Å². The Labute approximate surface area is 134 Å². The van der Waals surface area contributed by atoms with Crippen molar-refractivity contribution in [2.45, 2.75) is 47.0 Å². The Morgan fingerprint density at radius 1 is 1.29 bits per heavy atom. The second kappa shape index (κ2) is 5.91. The highest BCUT2D eigenvalue weighted by molar-refractivity contribution is 9.10. The number of carbonyl (C=O) groups is 2. The molecule has 1 aliphatic rings. The van der Waals surface area contributed by atoms with Crippen LogP contribution in [0.4, 0.5) is 5.69 Å². The fourth-order valence-corrected chi connectivity index (χ4v) is 3.33. The van der Waals surface area contributed by atoms with Crippen molar-refractivity contribution in [3.8, 4) is 0 Å². The van der Waals surface area contributed by atoms with E-state index in [2.05, 4.69) is 36.7 Å². The highest BCUT2D eigenvalue weighted by Gasteiger charge is 2.25. The highest BCUT2D eigenvalue weighted by Crippen LogP contribution is 2.34. The molecule has 0 saturated heterocycles. The number of benzene rings is 1. The molecule has 1 aromatic rings. The maximum absolute atomic E-state index is 12.5. The number of hydrogen-bond donors (Lipinski definition) is 0. The van der Waals surface area contributed by atoms with Gasteiger partial charge in [-0.25, -0.2) is 0 Å². The number of amides is 1. The molecule has 21 heavy (non-hydrogen) atoms. The summed E-state index contributed by atoms with van der Waals surface area (Å²) in [4.78, 5) is 26.1. The number of fused-ring (bicyclic) bond motifs is 1. The average molecular weight is 352 g/mol. The van der Waals surface area contributed by atoms with Gasteiger partial charge in [0.25, 0.3) is 0 Å². The summed E-state index contributed by atoms with van der Waals surface area (Å²) in [5.41, 5.74) is 2.66. The van der Waals surface area contributed by atoms with Crippen molar-refractivity contribution >= 4 is 33.3 Å². The van der Waals surface area contributed by atoms with Gasteiger partial charge in [0.2, 0.25) is 5.91 Å². The molecule has 3 nitrogen and oxygen atoms in total. The number of nitrogens with zero attached hydrogens (tertiary/aromatic N) is 1. The molecule has 114 valence electrons. The Hall–Kier alpha value is -1.16. The van der Waals surface area contributed by atoms with E-state index in [1.807, 2.05) is 12.1 Å². The summed E-state index contributed by atoms with van der Waals surface area (Å²) in [5.74, 6) is 0.152. The van der Waals surface area contributed by atoms with Gasteiger partial charge < -0.3 is 4.90 Å². The molecule has 2 rings (SSSR count). The largest absolute Gasteiger partial charge is 0.312 e. The molecule has 1 aliphatic heterocycles. The molecule has 0 radical (unpaired) electrons. The van der Waals surface area contributed by atoms with Gasteiger partial charge in [0.15, 0.2) is 5.78 Å². The number of halogens is 1. The van der Waals surface area contributed by atoms with Gasteiger partial charge >= 0.3 is 0 Å². The molecule has 1 amide bonds. The summed E-state index contributed by atoms with van der Waals surface area (Å²) < 4.78 is 0.834. The topological polar surface area (TPSA) is 37.4 Å². The molecule has 0 atom stereocenters. The number of carbonyl (C=O) groups excluding carboxylic acids is 2. The van der Waals surface area contributed by atoms with Crippen molar-refractivity contribution < 1.29 is 9.59 Å². The normalized spacial score (nSPS) is 14.8. The van der Waals surface area contributed by atoms with Crippen molar-refractivity contribution in [1.29, 1.82) is 0 Å². The zero-order valence-electron chi connectivity index (χ0n) is 13.1. The number of Topliss-reactive ketones (excluding diaryl/α,β-unsaturated/α-hetero) is 1. The molecular formula is C17H22BrNO2. The fraction of sp³-hybridized carbons (Fsp3) is 0.529. The van der Waals surface area contributed by atoms with Gasteiger partial charge in [-0.1, -0.05) is 36.7 Å². The van der Waals surface area contributed by atoms with E-state index in [4.69, 9.17) is 0 Å². The summed E-state index contributed by atoms with van der Waals surface area (Å²) in [6.45, 7) is 8.47. The van der Waals surface area contributed by atoms with E-state index in [-0.39, 0.29) is 17.1 Å². The monoisotopic (exact) mass is 351 g/mol. The molecule has 0 N–H and O–H groups in total. The molecule has 0 aromatic heterocycles. The van der Waals surface area contributed by atoms with Crippen LogP contribution in [0.5, 0.6) is 0 Å². The first-order chi connectivity index (χ1) is 9.69. The van der Waals surface area contributed by atoms with Gasteiger partial charge in [0.05, 0.1) is 0 Å². The maximum Gasteiger partial charge on any atom is 0.223 e. The average Bonchev–Trinajstić information content (AvgIpc) is 2.34. The van der Waals surface area contributed by atoms with E-state index in [1.165, 1.54) is 0 Å². The summed E-state index contributed by atoms with van der Waals surface area (Å²) in [6, 6.07) is 3.88. The second-order valence-corrected chi connectivity index (χ2v) is 7.75. The lowest BCUT2D eigenvalue weighted by atomic mass is 9.87. The van der Waals surface area contributed by atoms with E-state index < -0.39 is 0 Å². The molecule has 0 aliphatic carbocycles. The first kappa shape index (κ1) is 16.2. The van der Waals surface area contributed by atoms with Gasteiger partial charge in [0.1, 0.15) is 0 Å². The zero-order chi connectivity index (χ0) is 15.8. The van der Waals surface area contributed by atoms with Crippen LogP contribution in [-0.4, -0.2) is 18.2 Å². The number of anilines is 1. The molecule has 4 heteroatoms. The predicted octanol–water partition coefficient (Wildman–Crippen LogP) is 4.37. The third-order valence-corrected chi connectivity index (χ3v) is 4.31. The van der Waals surface area contributed by atoms with Crippen LogP contribution in [0.2, 0.25) is 0 Å². The summed E-state index contributed by atoms with van der Waals surface area (Å²) in [7, 11) is 0. The number of aryl methyl sites for hydroxylation is 1. The van der Waals surface area contributed by atoms with E-state index in [0.29, 0.717) is 12.0 Å². The SMILES string of the molecule is CC(=O)N1CCCc2cc(Br)c(C(=O)CC(C)(C)C)cc21. The minimum absolute atomic E-state index is 0.0347. The van der Waals surface area contributed by atoms with E-state index in [9.17, 15) is 9.59 Å². The van der Waals surface area contributed by atoms with E-state index >= 15 is 0 Å². The van der Waals surface area contributed by atoms with Crippen LogP contribution in [0.15, 0.2) is 16.6 Å².